The Kier molecular flexibility index (Phi) is 5.24. The molecule has 0 heterocycles. The van der Waals surface area contributed by atoms with Crippen LogP contribution in [0, 0.1) is 3.57 Å². The van der Waals surface area contributed by atoms with Crippen LogP contribution in [0.4, 0.5) is 0 Å². The molecule has 0 aliphatic heterocycles. The Labute approximate surface area is 138 Å². The van der Waals surface area contributed by atoms with E-state index in [4.69, 9.17) is 5.73 Å². The van der Waals surface area contributed by atoms with E-state index in [9.17, 15) is 0 Å². The molecule has 1 nitrogen and oxygen atoms in total. The van der Waals surface area contributed by atoms with Crippen LogP contribution < -0.4 is 5.73 Å². The van der Waals surface area contributed by atoms with Gasteiger partial charge in [-0.1, -0.05) is 50.1 Å². The lowest BCUT2D eigenvalue weighted by Gasteiger charge is -2.14. The first-order valence-electron chi connectivity index (χ1n) is 5.51. The Morgan fingerprint density at radius 1 is 1.06 bits per heavy atom. The van der Waals surface area contributed by atoms with E-state index in [0.717, 1.165) is 20.9 Å². The normalized spacial score (nSPS) is 12.4. The Hall–Kier alpha value is 0.0900. The van der Waals surface area contributed by atoms with Gasteiger partial charge < -0.3 is 5.73 Å². The van der Waals surface area contributed by atoms with Gasteiger partial charge in [0.05, 0.1) is 0 Å². The second-order valence-electron chi connectivity index (χ2n) is 4.10. The van der Waals surface area contributed by atoms with Crippen molar-refractivity contribution in [1.29, 1.82) is 0 Å². The Morgan fingerprint density at radius 2 is 1.72 bits per heavy atom. The third-order valence-electron chi connectivity index (χ3n) is 2.73. The summed E-state index contributed by atoms with van der Waals surface area (Å²) in [5.74, 6) is 0. The number of halogens is 3. The second-order valence-corrected chi connectivity index (χ2v) is 7.12. The van der Waals surface area contributed by atoms with Crippen molar-refractivity contribution >= 4 is 54.5 Å². The topological polar surface area (TPSA) is 26.0 Å². The van der Waals surface area contributed by atoms with Gasteiger partial charge in [0, 0.05) is 18.6 Å². The number of hydrogen-bond donors (Lipinski definition) is 1. The van der Waals surface area contributed by atoms with E-state index < -0.39 is 0 Å². The van der Waals surface area contributed by atoms with Crippen LogP contribution in [0.15, 0.2) is 51.4 Å². The first-order valence-corrected chi connectivity index (χ1v) is 8.17. The van der Waals surface area contributed by atoms with Crippen molar-refractivity contribution in [3.8, 4) is 0 Å². The molecule has 2 aromatic carbocycles. The van der Waals surface area contributed by atoms with Crippen LogP contribution in [0.2, 0.25) is 0 Å². The summed E-state index contributed by atoms with van der Waals surface area (Å²) in [7, 11) is 0. The third kappa shape index (κ3) is 3.79. The monoisotopic (exact) mass is 479 g/mol. The molecular weight excluding hydrogens is 469 g/mol. The summed E-state index contributed by atoms with van der Waals surface area (Å²) < 4.78 is 3.35. The molecule has 0 saturated heterocycles. The summed E-state index contributed by atoms with van der Waals surface area (Å²) in [5, 5.41) is 0. The fraction of sp³-hybridized carbons (Fsp3) is 0.143. The minimum atomic E-state index is 0.00698. The highest BCUT2D eigenvalue weighted by atomic mass is 127. The van der Waals surface area contributed by atoms with Crippen LogP contribution in [0.1, 0.15) is 17.2 Å². The molecule has 2 N–H and O–H groups in total. The number of benzene rings is 2. The molecule has 4 heteroatoms. The van der Waals surface area contributed by atoms with Crippen molar-refractivity contribution < 1.29 is 0 Å². The van der Waals surface area contributed by atoms with Gasteiger partial charge in [0.25, 0.3) is 0 Å². The predicted octanol–water partition coefficient (Wildman–Crippen LogP) is 5.06. The molecule has 0 radical (unpaired) electrons. The van der Waals surface area contributed by atoms with E-state index in [2.05, 4.69) is 84.8 Å². The van der Waals surface area contributed by atoms with Gasteiger partial charge in [0.2, 0.25) is 0 Å². The van der Waals surface area contributed by atoms with Gasteiger partial charge in [0.15, 0.2) is 0 Å². The fourth-order valence-corrected chi connectivity index (χ4v) is 3.49. The van der Waals surface area contributed by atoms with Gasteiger partial charge >= 0.3 is 0 Å². The molecule has 0 aliphatic carbocycles. The molecule has 2 rings (SSSR count). The van der Waals surface area contributed by atoms with Crippen molar-refractivity contribution in [2.24, 2.45) is 5.73 Å². The highest BCUT2D eigenvalue weighted by Gasteiger charge is 2.10. The molecule has 1 unspecified atom stereocenters. The maximum atomic E-state index is 6.27. The van der Waals surface area contributed by atoms with Crippen LogP contribution in [0.3, 0.4) is 0 Å². The average Bonchev–Trinajstić information content (AvgIpc) is 2.32. The Bertz CT molecular complexity index is 540. The van der Waals surface area contributed by atoms with Gasteiger partial charge in [-0.05, 0) is 64.4 Å². The summed E-state index contributed by atoms with van der Waals surface area (Å²) >= 11 is 9.32. The standard InChI is InChI=1S/C14H12Br2IN/c15-10-3-6-12(13(16)8-10)14(18)7-9-1-4-11(17)5-2-9/h1-6,8,14H,7,18H2. The minimum absolute atomic E-state index is 0.00698. The smallest absolute Gasteiger partial charge is 0.0347 e. The van der Waals surface area contributed by atoms with Gasteiger partial charge in [-0.2, -0.15) is 0 Å². The molecule has 18 heavy (non-hydrogen) atoms. The molecule has 0 bridgehead atoms. The first kappa shape index (κ1) is 14.5. The zero-order valence-electron chi connectivity index (χ0n) is 9.54. The van der Waals surface area contributed by atoms with E-state index in [1.807, 2.05) is 12.1 Å². The molecule has 0 amide bonds. The summed E-state index contributed by atoms with van der Waals surface area (Å²) in [6.45, 7) is 0. The fourth-order valence-electron chi connectivity index (χ4n) is 1.79. The maximum absolute atomic E-state index is 6.27. The Balaban J connectivity index is 2.16. The highest BCUT2D eigenvalue weighted by Crippen LogP contribution is 2.27. The van der Waals surface area contributed by atoms with Crippen LogP contribution in [0.5, 0.6) is 0 Å². The van der Waals surface area contributed by atoms with Crippen molar-refractivity contribution in [2.75, 3.05) is 0 Å². The van der Waals surface area contributed by atoms with Crippen LogP contribution >= 0.6 is 54.5 Å². The molecule has 0 aromatic heterocycles. The summed E-state index contributed by atoms with van der Waals surface area (Å²) in [6, 6.07) is 14.6. The third-order valence-corrected chi connectivity index (χ3v) is 4.63. The summed E-state index contributed by atoms with van der Waals surface area (Å²) in [6.07, 6.45) is 0.844. The Morgan fingerprint density at radius 3 is 2.33 bits per heavy atom. The minimum Gasteiger partial charge on any atom is -0.324 e. The zero-order chi connectivity index (χ0) is 13.1. The summed E-state index contributed by atoms with van der Waals surface area (Å²) in [4.78, 5) is 0. The van der Waals surface area contributed by atoms with E-state index in [0.29, 0.717) is 0 Å². The van der Waals surface area contributed by atoms with E-state index in [1.54, 1.807) is 0 Å². The predicted molar refractivity (Wildman–Crippen MR) is 91.6 cm³/mol. The van der Waals surface area contributed by atoms with E-state index >= 15 is 0 Å². The van der Waals surface area contributed by atoms with Gasteiger partial charge in [-0.15, -0.1) is 0 Å². The highest BCUT2D eigenvalue weighted by molar-refractivity contribution is 14.1. The largest absolute Gasteiger partial charge is 0.324 e. The lowest BCUT2D eigenvalue weighted by Crippen LogP contribution is -2.13. The van der Waals surface area contributed by atoms with Crippen molar-refractivity contribution in [3.63, 3.8) is 0 Å². The van der Waals surface area contributed by atoms with Crippen LogP contribution in [-0.2, 0) is 6.42 Å². The van der Waals surface area contributed by atoms with Gasteiger partial charge in [-0.25, -0.2) is 0 Å². The number of hydrogen-bond acceptors (Lipinski definition) is 1. The number of nitrogens with two attached hydrogens (primary N) is 1. The SMILES string of the molecule is NC(Cc1ccc(I)cc1)c1ccc(Br)cc1Br. The van der Waals surface area contributed by atoms with Crippen LogP contribution in [-0.4, -0.2) is 0 Å². The van der Waals surface area contributed by atoms with Crippen LogP contribution in [0.25, 0.3) is 0 Å². The molecule has 2 aromatic rings. The molecule has 94 valence electrons. The zero-order valence-corrected chi connectivity index (χ0v) is 14.9. The quantitative estimate of drug-likeness (QED) is 0.611. The molecule has 0 spiro atoms. The van der Waals surface area contributed by atoms with Crippen molar-refractivity contribution in [1.82, 2.24) is 0 Å². The second kappa shape index (κ2) is 6.50. The average molecular weight is 481 g/mol. The van der Waals surface area contributed by atoms with E-state index in [-0.39, 0.29) is 6.04 Å². The molecule has 1 atom stereocenters. The summed E-state index contributed by atoms with van der Waals surface area (Å²) in [5.41, 5.74) is 8.67. The van der Waals surface area contributed by atoms with Gasteiger partial charge in [-0.3, -0.25) is 0 Å². The number of rotatable bonds is 3. The molecular formula is C14H12Br2IN. The lowest BCUT2D eigenvalue weighted by atomic mass is 10.00. The van der Waals surface area contributed by atoms with Crippen molar-refractivity contribution in [3.05, 3.63) is 66.1 Å². The molecule has 0 aliphatic rings. The van der Waals surface area contributed by atoms with E-state index in [1.165, 1.54) is 9.13 Å². The maximum Gasteiger partial charge on any atom is 0.0347 e. The molecule has 0 saturated carbocycles. The van der Waals surface area contributed by atoms with Crippen molar-refractivity contribution in [2.45, 2.75) is 12.5 Å². The van der Waals surface area contributed by atoms with Gasteiger partial charge in [0.1, 0.15) is 0 Å². The first-order chi connectivity index (χ1) is 8.56. The molecule has 0 fully saturated rings. The lowest BCUT2D eigenvalue weighted by molar-refractivity contribution is 0.718.